The van der Waals surface area contributed by atoms with Crippen LogP contribution in [0, 0.1) is 16.7 Å². The quantitative estimate of drug-likeness (QED) is 0.561. The number of aromatic amines is 1. The molecule has 5 heteroatoms. The van der Waals surface area contributed by atoms with Crippen LogP contribution < -0.4 is 5.73 Å². The van der Waals surface area contributed by atoms with Crippen LogP contribution >= 0.6 is 0 Å². The van der Waals surface area contributed by atoms with Gasteiger partial charge in [-0.25, -0.2) is 4.98 Å². The molecule has 0 saturated carbocycles. The number of nitrogens with one attached hydrogen (secondary N) is 2. The third-order valence-corrected chi connectivity index (χ3v) is 2.32. The molecular weight excluding hydrogens is 226 g/mol. The van der Waals surface area contributed by atoms with Gasteiger partial charge in [0, 0.05) is 17.4 Å². The summed E-state index contributed by atoms with van der Waals surface area (Å²) in [7, 11) is 0. The van der Waals surface area contributed by atoms with Crippen LogP contribution in [-0.4, -0.2) is 15.7 Å². The first-order chi connectivity index (χ1) is 8.69. The Morgan fingerprint density at radius 1 is 1.50 bits per heavy atom. The molecule has 0 radical (unpaired) electrons. The number of H-pyrrole nitrogens is 1. The van der Waals surface area contributed by atoms with Crippen LogP contribution in [0.5, 0.6) is 0 Å². The maximum atomic E-state index is 8.62. The molecule has 1 aromatic carbocycles. The smallest absolute Gasteiger partial charge is 0.158 e. The van der Waals surface area contributed by atoms with Crippen molar-refractivity contribution in [2.45, 2.75) is 0 Å². The number of imidazole rings is 1. The molecule has 5 nitrogen and oxygen atoms in total. The molecule has 0 unspecified atom stereocenters. The number of anilines is 1. The van der Waals surface area contributed by atoms with E-state index in [4.69, 9.17) is 16.4 Å². The highest BCUT2D eigenvalue weighted by molar-refractivity contribution is 6.08. The van der Waals surface area contributed by atoms with E-state index >= 15 is 0 Å². The summed E-state index contributed by atoms with van der Waals surface area (Å²) in [6.45, 7) is 0. The summed E-state index contributed by atoms with van der Waals surface area (Å²) in [5.74, 6) is 0.542. The normalized spacial score (nSPS) is 10.4. The number of benzene rings is 1. The Morgan fingerprint density at radius 3 is 3.00 bits per heavy atom. The number of aromatic nitrogens is 2. The van der Waals surface area contributed by atoms with Crippen molar-refractivity contribution in [1.29, 1.82) is 10.7 Å². The number of allylic oxidation sites excluding steroid dienone is 1. The maximum Gasteiger partial charge on any atom is 0.158 e. The van der Waals surface area contributed by atoms with Crippen molar-refractivity contribution in [2.24, 2.45) is 0 Å². The number of rotatable bonds is 3. The van der Waals surface area contributed by atoms with Gasteiger partial charge in [-0.2, -0.15) is 5.26 Å². The number of hydrogen-bond acceptors (Lipinski definition) is 4. The van der Waals surface area contributed by atoms with Crippen molar-refractivity contribution in [3.05, 3.63) is 53.6 Å². The fourth-order valence-electron chi connectivity index (χ4n) is 1.44. The molecular formula is C13H11N5. The van der Waals surface area contributed by atoms with Crippen molar-refractivity contribution in [3.8, 4) is 6.07 Å². The minimum Gasteiger partial charge on any atom is -0.399 e. The molecule has 2 aromatic rings. The van der Waals surface area contributed by atoms with Gasteiger partial charge < -0.3 is 16.1 Å². The number of nitriles is 1. The maximum absolute atomic E-state index is 8.62. The second-order valence-corrected chi connectivity index (χ2v) is 3.66. The zero-order chi connectivity index (χ0) is 13.0. The van der Waals surface area contributed by atoms with Gasteiger partial charge >= 0.3 is 0 Å². The zero-order valence-corrected chi connectivity index (χ0v) is 9.51. The number of nitrogen functional groups attached to an aromatic ring is 1. The van der Waals surface area contributed by atoms with Crippen LogP contribution in [0.3, 0.4) is 0 Å². The highest BCUT2D eigenvalue weighted by Gasteiger charge is 1.99. The molecule has 0 spiro atoms. The standard InChI is InChI=1S/C13H11N5/c14-7-11-8-17-13(18-11)5-4-12(16)9-2-1-3-10(15)6-9/h1-6,8,16H,15H2,(H,17,18)/b5-4-,16-12?. The topological polar surface area (TPSA) is 102 Å². The Morgan fingerprint density at radius 2 is 2.33 bits per heavy atom. The lowest BCUT2D eigenvalue weighted by Gasteiger charge is -1.99. The summed E-state index contributed by atoms with van der Waals surface area (Å²) in [5.41, 5.74) is 7.66. The van der Waals surface area contributed by atoms with E-state index in [2.05, 4.69) is 9.97 Å². The molecule has 88 valence electrons. The minimum absolute atomic E-state index is 0.324. The van der Waals surface area contributed by atoms with Gasteiger partial charge in [0.1, 0.15) is 11.9 Å². The van der Waals surface area contributed by atoms with E-state index in [1.807, 2.05) is 12.1 Å². The monoisotopic (exact) mass is 237 g/mol. The summed E-state index contributed by atoms with van der Waals surface area (Å²) in [4.78, 5) is 6.82. The Kier molecular flexibility index (Phi) is 3.21. The van der Waals surface area contributed by atoms with Gasteiger partial charge in [0.25, 0.3) is 0 Å². The Balaban J connectivity index is 2.14. The first-order valence-corrected chi connectivity index (χ1v) is 5.27. The Hall–Kier alpha value is -2.87. The van der Waals surface area contributed by atoms with E-state index in [0.29, 0.717) is 22.9 Å². The van der Waals surface area contributed by atoms with Crippen LogP contribution in [0.15, 0.2) is 36.5 Å². The molecule has 4 N–H and O–H groups in total. The number of nitrogens with zero attached hydrogens (tertiary/aromatic N) is 2. The molecule has 0 atom stereocenters. The van der Waals surface area contributed by atoms with Crippen molar-refractivity contribution in [3.63, 3.8) is 0 Å². The van der Waals surface area contributed by atoms with Gasteiger partial charge in [0.15, 0.2) is 5.69 Å². The molecule has 0 aliphatic carbocycles. The summed E-state index contributed by atoms with van der Waals surface area (Å²) >= 11 is 0. The third-order valence-electron chi connectivity index (χ3n) is 2.32. The van der Waals surface area contributed by atoms with E-state index < -0.39 is 0 Å². The molecule has 0 amide bonds. The van der Waals surface area contributed by atoms with E-state index in [-0.39, 0.29) is 0 Å². The van der Waals surface area contributed by atoms with E-state index in [0.717, 1.165) is 5.56 Å². The fraction of sp³-hybridized carbons (Fsp3) is 0. The lowest BCUT2D eigenvalue weighted by atomic mass is 10.1. The molecule has 0 saturated heterocycles. The highest BCUT2D eigenvalue weighted by atomic mass is 14.9. The van der Waals surface area contributed by atoms with Gasteiger partial charge in [0.2, 0.25) is 0 Å². The van der Waals surface area contributed by atoms with Crippen molar-refractivity contribution in [1.82, 2.24) is 9.97 Å². The van der Waals surface area contributed by atoms with Crippen molar-refractivity contribution in [2.75, 3.05) is 5.73 Å². The van der Waals surface area contributed by atoms with E-state index in [1.165, 1.54) is 6.20 Å². The highest BCUT2D eigenvalue weighted by Crippen LogP contribution is 2.08. The minimum atomic E-state index is 0.324. The molecule has 1 aromatic heterocycles. The lowest BCUT2D eigenvalue weighted by molar-refractivity contribution is 1.25. The summed E-state index contributed by atoms with van der Waals surface area (Å²) in [5, 5.41) is 16.5. The van der Waals surface area contributed by atoms with Crippen molar-refractivity contribution >= 4 is 17.5 Å². The molecule has 0 aliphatic heterocycles. The number of nitrogens with two attached hydrogens (primary N) is 1. The molecule has 0 bridgehead atoms. The second-order valence-electron chi connectivity index (χ2n) is 3.66. The second kappa shape index (κ2) is 4.97. The van der Waals surface area contributed by atoms with Crippen LogP contribution in [0.25, 0.3) is 6.08 Å². The first-order valence-electron chi connectivity index (χ1n) is 5.27. The lowest BCUT2D eigenvalue weighted by Crippen LogP contribution is -1.96. The largest absolute Gasteiger partial charge is 0.399 e. The van der Waals surface area contributed by atoms with Crippen molar-refractivity contribution < 1.29 is 0 Å². The Labute approximate surface area is 104 Å². The van der Waals surface area contributed by atoms with Gasteiger partial charge in [-0.1, -0.05) is 12.1 Å². The third kappa shape index (κ3) is 2.62. The summed E-state index contributed by atoms with van der Waals surface area (Å²) < 4.78 is 0. The fourth-order valence-corrected chi connectivity index (χ4v) is 1.44. The molecule has 0 aliphatic rings. The molecule has 0 fully saturated rings. The van der Waals surface area contributed by atoms with E-state index in [1.54, 1.807) is 30.4 Å². The van der Waals surface area contributed by atoms with Crippen LogP contribution in [0.2, 0.25) is 0 Å². The molecule has 2 rings (SSSR count). The Bertz CT molecular complexity index is 645. The average Bonchev–Trinajstić information content (AvgIpc) is 2.84. The van der Waals surface area contributed by atoms with Gasteiger partial charge in [-0.15, -0.1) is 0 Å². The van der Waals surface area contributed by atoms with Gasteiger partial charge in [0.05, 0.1) is 5.71 Å². The van der Waals surface area contributed by atoms with Crippen LogP contribution in [0.4, 0.5) is 5.69 Å². The zero-order valence-electron chi connectivity index (χ0n) is 9.51. The van der Waals surface area contributed by atoms with Crippen LogP contribution in [-0.2, 0) is 0 Å². The summed E-state index contributed by atoms with van der Waals surface area (Å²) in [6.07, 6.45) is 4.77. The number of hydrogen-bond donors (Lipinski definition) is 3. The van der Waals surface area contributed by atoms with Gasteiger partial charge in [-0.05, 0) is 24.3 Å². The first kappa shape index (κ1) is 11.6. The average molecular weight is 237 g/mol. The predicted octanol–water partition coefficient (Wildman–Crippen LogP) is 1.94. The SMILES string of the molecule is N#Cc1c[nH]c(/C=C\C(=N)c2cccc(N)c2)n1. The van der Waals surface area contributed by atoms with Gasteiger partial charge in [-0.3, -0.25) is 0 Å². The van der Waals surface area contributed by atoms with E-state index in [9.17, 15) is 0 Å². The molecule has 1 heterocycles. The predicted molar refractivity (Wildman–Crippen MR) is 70.0 cm³/mol. The molecule has 18 heavy (non-hydrogen) atoms. The van der Waals surface area contributed by atoms with Crippen LogP contribution in [0.1, 0.15) is 17.1 Å². The summed E-state index contributed by atoms with van der Waals surface area (Å²) in [6, 6.07) is 9.04.